The summed E-state index contributed by atoms with van der Waals surface area (Å²) in [5.41, 5.74) is 1.23. The first-order valence-corrected chi connectivity index (χ1v) is 9.58. The van der Waals surface area contributed by atoms with Crippen molar-refractivity contribution in [3.8, 4) is 0 Å². The minimum absolute atomic E-state index is 0.0849. The summed E-state index contributed by atoms with van der Waals surface area (Å²) in [7, 11) is 1.99. The monoisotopic (exact) mass is 393 g/mol. The van der Waals surface area contributed by atoms with Gasteiger partial charge in [0.2, 0.25) is 5.95 Å². The summed E-state index contributed by atoms with van der Waals surface area (Å²) in [5.74, 6) is 1.65. The van der Waals surface area contributed by atoms with Crippen LogP contribution in [0.1, 0.15) is 16.1 Å². The van der Waals surface area contributed by atoms with E-state index in [9.17, 15) is 4.79 Å². The van der Waals surface area contributed by atoms with E-state index in [4.69, 9.17) is 4.42 Å². The molecule has 1 fully saturated rings. The largest absolute Gasteiger partial charge is 0.459 e. The third kappa shape index (κ3) is 4.50. The number of rotatable bonds is 6. The molecule has 3 aromatic rings. The molecule has 0 radical (unpaired) electrons. The number of amides is 1. The van der Waals surface area contributed by atoms with Gasteiger partial charge in [-0.15, -0.1) is 5.10 Å². The lowest BCUT2D eigenvalue weighted by Crippen LogP contribution is -2.49. The fourth-order valence-electron chi connectivity index (χ4n) is 3.23. The van der Waals surface area contributed by atoms with E-state index in [0.717, 1.165) is 18.8 Å². The number of aromatic nitrogens is 4. The van der Waals surface area contributed by atoms with Gasteiger partial charge in [-0.2, -0.15) is 10.1 Å². The summed E-state index contributed by atoms with van der Waals surface area (Å²) >= 11 is 0. The van der Waals surface area contributed by atoms with Gasteiger partial charge in [0.05, 0.1) is 12.5 Å². The van der Waals surface area contributed by atoms with E-state index in [2.05, 4.69) is 30.0 Å². The summed E-state index contributed by atoms with van der Waals surface area (Å²) in [6.07, 6.45) is 7.68. The molecule has 0 spiro atoms. The number of carbonyl (C=O) groups excluding carboxylic acids is 1. The van der Waals surface area contributed by atoms with Gasteiger partial charge in [-0.3, -0.25) is 9.78 Å². The number of anilines is 2. The third-order valence-corrected chi connectivity index (χ3v) is 4.99. The Bertz CT molecular complexity index is 925. The summed E-state index contributed by atoms with van der Waals surface area (Å²) in [4.78, 5) is 27.0. The molecule has 1 saturated heterocycles. The summed E-state index contributed by atoms with van der Waals surface area (Å²) in [5, 5.41) is 8.32. The number of carbonyl (C=O) groups is 1. The average molecular weight is 393 g/mol. The molecule has 0 aromatic carbocycles. The molecule has 0 atom stereocenters. The van der Waals surface area contributed by atoms with Crippen LogP contribution in [0.25, 0.3) is 0 Å². The number of hydrogen-bond acceptors (Lipinski definition) is 8. The molecule has 9 heteroatoms. The van der Waals surface area contributed by atoms with Gasteiger partial charge in [-0.05, 0) is 36.2 Å². The Kier molecular flexibility index (Phi) is 5.64. The van der Waals surface area contributed by atoms with Crippen LogP contribution in [-0.4, -0.2) is 70.7 Å². The number of furan rings is 1. The van der Waals surface area contributed by atoms with Crippen molar-refractivity contribution in [2.24, 2.45) is 0 Å². The fourth-order valence-corrected chi connectivity index (χ4v) is 3.23. The van der Waals surface area contributed by atoms with E-state index >= 15 is 0 Å². The average Bonchev–Trinajstić information content (AvgIpc) is 3.33. The Morgan fingerprint density at radius 1 is 1.17 bits per heavy atom. The van der Waals surface area contributed by atoms with Crippen LogP contribution in [0.4, 0.5) is 11.8 Å². The maximum absolute atomic E-state index is 12.4. The van der Waals surface area contributed by atoms with Crippen molar-refractivity contribution in [3.05, 3.63) is 60.4 Å². The van der Waals surface area contributed by atoms with Crippen molar-refractivity contribution < 1.29 is 9.21 Å². The Morgan fingerprint density at radius 3 is 2.69 bits per heavy atom. The second-order valence-corrected chi connectivity index (χ2v) is 6.90. The Morgan fingerprint density at radius 2 is 1.97 bits per heavy atom. The molecule has 1 amide bonds. The number of pyridine rings is 1. The van der Waals surface area contributed by atoms with Crippen LogP contribution in [0.15, 0.2) is 53.5 Å². The summed E-state index contributed by atoms with van der Waals surface area (Å²) < 4.78 is 5.21. The summed E-state index contributed by atoms with van der Waals surface area (Å²) in [6, 6.07) is 7.44. The van der Waals surface area contributed by atoms with Gasteiger partial charge >= 0.3 is 0 Å². The highest BCUT2D eigenvalue weighted by atomic mass is 16.3. The van der Waals surface area contributed by atoms with Crippen LogP contribution in [0.5, 0.6) is 0 Å². The Balaban J connectivity index is 1.34. The van der Waals surface area contributed by atoms with E-state index < -0.39 is 0 Å². The molecular weight excluding hydrogens is 370 g/mol. The van der Waals surface area contributed by atoms with Crippen molar-refractivity contribution >= 4 is 17.7 Å². The van der Waals surface area contributed by atoms with Gasteiger partial charge in [-0.25, -0.2) is 0 Å². The highest BCUT2D eigenvalue weighted by molar-refractivity contribution is 5.91. The van der Waals surface area contributed by atoms with Crippen molar-refractivity contribution in [2.75, 3.05) is 49.6 Å². The number of hydrogen-bond donors (Lipinski definition) is 0. The zero-order valence-electron chi connectivity index (χ0n) is 16.3. The molecule has 4 heterocycles. The molecule has 0 N–H and O–H groups in total. The minimum atomic E-state index is -0.0849. The number of piperazine rings is 1. The predicted molar refractivity (Wildman–Crippen MR) is 108 cm³/mol. The van der Waals surface area contributed by atoms with E-state index in [1.807, 2.05) is 19.2 Å². The molecule has 3 aromatic heterocycles. The van der Waals surface area contributed by atoms with Gasteiger partial charge in [0, 0.05) is 52.2 Å². The number of likely N-dealkylation sites (N-methyl/N-ethyl adjacent to an activating group) is 1. The highest BCUT2D eigenvalue weighted by Gasteiger charge is 2.25. The first-order valence-electron chi connectivity index (χ1n) is 9.58. The lowest BCUT2D eigenvalue weighted by molar-refractivity contribution is 0.0714. The SMILES string of the molecule is CN(CCc1ccncc1)c1cnnc(N2CCN(C(=O)c3ccco3)CC2)n1. The van der Waals surface area contributed by atoms with Gasteiger partial charge in [0.25, 0.3) is 5.91 Å². The first-order chi connectivity index (χ1) is 14.2. The predicted octanol–water partition coefficient (Wildman–Crippen LogP) is 1.50. The smallest absolute Gasteiger partial charge is 0.289 e. The molecule has 0 unspecified atom stereocenters. The lowest BCUT2D eigenvalue weighted by Gasteiger charge is -2.34. The minimum Gasteiger partial charge on any atom is -0.459 e. The quantitative estimate of drug-likeness (QED) is 0.622. The molecule has 1 aliphatic rings. The van der Waals surface area contributed by atoms with Crippen LogP contribution in [0, 0.1) is 0 Å². The third-order valence-electron chi connectivity index (χ3n) is 4.99. The molecule has 1 aliphatic heterocycles. The molecule has 29 heavy (non-hydrogen) atoms. The molecule has 0 aliphatic carbocycles. The van der Waals surface area contributed by atoms with E-state index in [-0.39, 0.29) is 5.91 Å². The van der Waals surface area contributed by atoms with Crippen LogP contribution in [-0.2, 0) is 6.42 Å². The van der Waals surface area contributed by atoms with Crippen LogP contribution >= 0.6 is 0 Å². The second kappa shape index (κ2) is 8.68. The van der Waals surface area contributed by atoms with Gasteiger partial charge in [0.15, 0.2) is 11.6 Å². The molecule has 9 nitrogen and oxygen atoms in total. The van der Waals surface area contributed by atoms with Gasteiger partial charge in [0.1, 0.15) is 0 Å². The highest BCUT2D eigenvalue weighted by Crippen LogP contribution is 2.16. The number of nitrogens with zero attached hydrogens (tertiary/aromatic N) is 7. The van der Waals surface area contributed by atoms with E-state index in [1.54, 1.807) is 35.6 Å². The first kappa shape index (κ1) is 18.9. The molecular formula is C20H23N7O2. The van der Waals surface area contributed by atoms with Crippen LogP contribution in [0.3, 0.4) is 0 Å². The van der Waals surface area contributed by atoms with Crippen LogP contribution < -0.4 is 9.80 Å². The van der Waals surface area contributed by atoms with Gasteiger partial charge in [-0.1, -0.05) is 0 Å². The zero-order valence-corrected chi connectivity index (χ0v) is 16.3. The second-order valence-electron chi connectivity index (χ2n) is 6.90. The maximum Gasteiger partial charge on any atom is 0.289 e. The molecule has 4 rings (SSSR count). The van der Waals surface area contributed by atoms with Crippen molar-refractivity contribution in [2.45, 2.75) is 6.42 Å². The zero-order chi connectivity index (χ0) is 20.1. The van der Waals surface area contributed by atoms with Crippen molar-refractivity contribution in [1.29, 1.82) is 0 Å². The molecule has 150 valence electrons. The normalized spacial score (nSPS) is 14.1. The van der Waals surface area contributed by atoms with Crippen molar-refractivity contribution in [1.82, 2.24) is 25.1 Å². The van der Waals surface area contributed by atoms with E-state index in [0.29, 0.717) is 37.9 Å². The maximum atomic E-state index is 12.4. The Labute approximate surface area is 169 Å². The Hall–Kier alpha value is -3.49. The van der Waals surface area contributed by atoms with Crippen LogP contribution in [0.2, 0.25) is 0 Å². The standard InChI is InChI=1S/C20H23N7O2/c1-25(9-6-16-4-7-21-8-5-16)18-15-22-24-20(23-18)27-12-10-26(11-13-27)19(28)17-3-2-14-29-17/h2-5,7-8,14-15H,6,9-13H2,1H3. The van der Waals surface area contributed by atoms with E-state index in [1.165, 1.54) is 11.8 Å². The molecule has 0 bridgehead atoms. The lowest BCUT2D eigenvalue weighted by atomic mass is 10.2. The van der Waals surface area contributed by atoms with Crippen molar-refractivity contribution in [3.63, 3.8) is 0 Å². The van der Waals surface area contributed by atoms with Gasteiger partial charge < -0.3 is 19.1 Å². The summed E-state index contributed by atoms with van der Waals surface area (Å²) in [6.45, 7) is 3.29. The topological polar surface area (TPSA) is 91.5 Å². The molecule has 0 saturated carbocycles. The fraction of sp³-hybridized carbons (Fsp3) is 0.350.